The van der Waals surface area contributed by atoms with Gasteiger partial charge in [-0.05, 0) is 43.7 Å². The molecule has 0 saturated carbocycles. The monoisotopic (exact) mass is 427 g/mol. The summed E-state index contributed by atoms with van der Waals surface area (Å²) < 4.78 is 15.7. The second kappa shape index (κ2) is 8.63. The number of hydrogen-bond donors (Lipinski definition) is 0. The van der Waals surface area contributed by atoms with E-state index in [1.54, 1.807) is 43.3 Å². The molecule has 156 valence electrons. The minimum atomic E-state index is -0.602. The normalized spacial score (nSPS) is 15.1. The average Bonchev–Trinajstić information content (AvgIpc) is 2.98. The number of hydrogen-bond acceptors (Lipinski definition) is 5. The standard InChI is InChI=1S/C23H22ClNO5/c1-13-9-10-16(12-18(13)24)25-14(2)20(23(27)30-5)17(22(25)26)11-15-7-6-8-19(28-3)21(15)29-4/h6-12H,1-5H3/b17-11-. The maximum Gasteiger partial charge on any atom is 0.340 e. The fourth-order valence-electron chi connectivity index (χ4n) is 3.39. The molecule has 7 heteroatoms. The smallest absolute Gasteiger partial charge is 0.340 e. The van der Waals surface area contributed by atoms with E-state index in [1.807, 2.05) is 13.0 Å². The molecular formula is C23H22ClNO5. The lowest BCUT2D eigenvalue weighted by molar-refractivity contribution is -0.136. The second-order valence-corrected chi connectivity index (χ2v) is 7.07. The minimum absolute atomic E-state index is 0.184. The summed E-state index contributed by atoms with van der Waals surface area (Å²) in [5.41, 5.74) is 2.89. The van der Waals surface area contributed by atoms with Gasteiger partial charge in [-0.25, -0.2) is 4.79 Å². The summed E-state index contributed by atoms with van der Waals surface area (Å²) >= 11 is 6.26. The van der Waals surface area contributed by atoms with E-state index < -0.39 is 5.97 Å². The summed E-state index contributed by atoms with van der Waals surface area (Å²) in [7, 11) is 4.32. The lowest BCUT2D eigenvalue weighted by Crippen LogP contribution is -2.24. The summed E-state index contributed by atoms with van der Waals surface area (Å²) in [5.74, 6) is 0.00570. The van der Waals surface area contributed by atoms with Gasteiger partial charge in [0, 0.05) is 16.3 Å². The molecule has 0 bridgehead atoms. The van der Waals surface area contributed by atoms with E-state index in [4.69, 9.17) is 25.8 Å². The Kier molecular flexibility index (Phi) is 6.17. The molecule has 0 spiro atoms. The molecule has 1 aliphatic rings. The molecule has 0 atom stereocenters. The lowest BCUT2D eigenvalue weighted by Gasteiger charge is -2.18. The SMILES string of the molecule is COC(=O)C1=C(C)N(c2ccc(C)c(Cl)c2)C(=O)/C1=C\c1cccc(OC)c1OC. The number of rotatable bonds is 5. The van der Waals surface area contributed by atoms with Gasteiger partial charge >= 0.3 is 5.97 Å². The molecule has 2 aromatic rings. The molecule has 1 heterocycles. The van der Waals surface area contributed by atoms with Crippen LogP contribution in [0.4, 0.5) is 5.69 Å². The predicted octanol–water partition coefficient (Wildman–Crippen LogP) is 4.54. The van der Waals surface area contributed by atoms with Crippen LogP contribution in [0.5, 0.6) is 11.5 Å². The predicted molar refractivity (Wildman–Crippen MR) is 116 cm³/mol. The van der Waals surface area contributed by atoms with Crippen LogP contribution in [0.3, 0.4) is 0 Å². The van der Waals surface area contributed by atoms with Crippen LogP contribution in [0.15, 0.2) is 53.2 Å². The molecule has 0 fully saturated rings. The third kappa shape index (κ3) is 3.66. The molecule has 2 aromatic carbocycles. The van der Waals surface area contributed by atoms with Gasteiger partial charge in [-0.3, -0.25) is 9.69 Å². The Balaban J connectivity index is 2.20. The first-order chi connectivity index (χ1) is 14.3. The van der Waals surface area contributed by atoms with Crippen molar-refractivity contribution in [3.8, 4) is 11.5 Å². The fourth-order valence-corrected chi connectivity index (χ4v) is 3.57. The molecule has 1 aliphatic heterocycles. The Bertz CT molecular complexity index is 1090. The molecule has 0 unspecified atom stereocenters. The Morgan fingerprint density at radius 1 is 1.07 bits per heavy atom. The molecule has 6 nitrogen and oxygen atoms in total. The van der Waals surface area contributed by atoms with Crippen molar-refractivity contribution in [2.75, 3.05) is 26.2 Å². The Morgan fingerprint density at radius 3 is 2.40 bits per heavy atom. The second-order valence-electron chi connectivity index (χ2n) is 6.67. The number of aryl methyl sites for hydroxylation is 1. The largest absolute Gasteiger partial charge is 0.493 e. The number of ether oxygens (including phenoxy) is 3. The van der Waals surface area contributed by atoms with E-state index in [0.29, 0.717) is 33.5 Å². The number of carbonyl (C=O) groups is 2. The highest BCUT2D eigenvalue weighted by molar-refractivity contribution is 6.32. The van der Waals surface area contributed by atoms with Crippen LogP contribution in [0.25, 0.3) is 6.08 Å². The average molecular weight is 428 g/mol. The van der Waals surface area contributed by atoms with Gasteiger partial charge in [-0.1, -0.05) is 29.8 Å². The van der Waals surface area contributed by atoms with Crippen molar-refractivity contribution in [1.82, 2.24) is 0 Å². The molecule has 0 aromatic heterocycles. The van der Waals surface area contributed by atoms with E-state index in [0.717, 1.165) is 5.56 Å². The van der Waals surface area contributed by atoms with Gasteiger partial charge in [0.2, 0.25) is 0 Å². The Labute approximate surface area is 180 Å². The van der Waals surface area contributed by atoms with Gasteiger partial charge in [-0.15, -0.1) is 0 Å². The number of esters is 1. The van der Waals surface area contributed by atoms with Crippen LogP contribution >= 0.6 is 11.6 Å². The number of carbonyl (C=O) groups excluding carboxylic acids is 2. The molecule has 1 amide bonds. The fraction of sp³-hybridized carbons (Fsp3) is 0.217. The van der Waals surface area contributed by atoms with Crippen molar-refractivity contribution >= 4 is 35.2 Å². The lowest BCUT2D eigenvalue weighted by atomic mass is 10.0. The Hall–Kier alpha value is -3.25. The number of nitrogens with zero attached hydrogens (tertiary/aromatic N) is 1. The summed E-state index contributed by atoms with van der Waals surface area (Å²) in [6, 6.07) is 10.6. The highest BCUT2D eigenvalue weighted by atomic mass is 35.5. The molecule has 30 heavy (non-hydrogen) atoms. The zero-order chi connectivity index (χ0) is 22.0. The van der Waals surface area contributed by atoms with Gasteiger partial charge in [0.25, 0.3) is 5.91 Å². The minimum Gasteiger partial charge on any atom is -0.493 e. The van der Waals surface area contributed by atoms with E-state index >= 15 is 0 Å². The van der Waals surface area contributed by atoms with Crippen LogP contribution in [-0.4, -0.2) is 33.2 Å². The van der Waals surface area contributed by atoms with Crippen LogP contribution in [0.1, 0.15) is 18.1 Å². The summed E-state index contributed by atoms with van der Waals surface area (Å²) in [6.45, 7) is 3.57. The highest BCUT2D eigenvalue weighted by Gasteiger charge is 2.38. The van der Waals surface area contributed by atoms with Crippen molar-refractivity contribution in [2.24, 2.45) is 0 Å². The van der Waals surface area contributed by atoms with Crippen LogP contribution in [0.2, 0.25) is 5.02 Å². The van der Waals surface area contributed by atoms with Crippen molar-refractivity contribution in [3.05, 3.63) is 69.4 Å². The number of methoxy groups -OCH3 is 3. The van der Waals surface area contributed by atoms with Gasteiger partial charge in [0.1, 0.15) is 0 Å². The number of benzene rings is 2. The van der Waals surface area contributed by atoms with E-state index in [2.05, 4.69) is 0 Å². The first-order valence-electron chi connectivity index (χ1n) is 9.16. The summed E-state index contributed by atoms with van der Waals surface area (Å²) in [6.07, 6.45) is 1.61. The first kappa shape index (κ1) is 21.5. The molecule has 0 N–H and O–H groups in total. The molecule has 0 aliphatic carbocycles. The van der Waals surface area contributed by atoms with Crippen molar-refractivity contribution < 1.29 is 23.8 Å². The van der Waals surface area contributed by atoms with Gasteiger partial charge < -0.3 is 14.2 Å². The number of halogens is 1. The number of allylic oxidation sites excluding steroid dienone is 1. The third-order valence-electron chi connectivity index (χ3n) is 4.94. The van der Waals surface area contributed by atoms with E-state index in [9.17, 15) is 9.59 Å². The molecule has 0 saturated heterocycles. The van der Waals surface area contributed by atoms with Crippen molar-refractivity contribution in [3.63, 3.8) is 0 Å². The van der Waals surface area contributed by atoms with Crippen LogP contribution < -0.4 is 14.4 Å². The summed E-state index contributed by atoms with van der Waals surface area (Å²) in [5, 5.41) is 0.527. The highest BCUT2D eigenvalue weighted by Crippen LogP contribution is 2.39. The number of anilines is 1. The summed E-state index contributed by atoms with van der Waals surface area (Å²) in [4.78, 5) is 27.4. The van der Waals surface area contributed by atoms with E-state index in [1.165, 1.54) is 26.2 Å². The maximum absolute atomic E-state index is 13.4. The van der Waals surface area contributed by atoms with Crippen LogP contribution in [0, 0.1) is 6.92 Å². The zero-order valence-corrected chi connectivity index (χ0v) is 18.2. The van der Waals surface area contributed by atoms with Crippen molar-refractivity contribution in [1.29, 1.82) is 0 Å². The topological polar surface area (TPSA) is 65.1 Å². The molecule has 0 radical (unpaired) electrons. The molecular weight excluding hydrogens is 406 g/mol. The van der Waals surface area contributed by atoms with Gasteiger partial charge in [0.05, 0.1) is 38.2 Å². The zero-order valence-electron chi connectivity index (χ0n) is 17.4. The quantitative estimate of drug-likeness (QED) is 0.517. The van der Waals surface area contributed by atoms with Crippen molar-refractivity contribution in [2.45, 2.75) is 13.8 Å². The van der Waals surface area contributed by atoms with Crippen LogP contribution in [-0.2, 0) is 14.3 Å². The molecule has 3 rings (SSSR count). The van der Waals surface area contributed by atoms with E-state index in [-0.39, 0.29) is 17.1 Å². The van der Waals surface area contributed by atoms with Gasteiger partial charge in [0.15, 0.2) is 11.5 Å². The Morgan fingerprint density at radius 2 is 1.80 bits per heavy atom. The third-order valence-corrected chi connectivity index (χ3v) is 5.34. The van der Waals surface area contributed by atoms with Gasteiger partial charge in [-0.2, -0.15) is 0 Å². The maximum atomic E-state index is 13.4. The first-order valence-corrected chi connectivity index (χ1v) is 9.54. The number of amides is 1. The number of para-hydroxylation sites is 1.